The number of nitrogens with one attached hydrogen (secondary N) is 1. The van der Waals surface area contributed by atoms with Gasteiger partial charge in [0.15, 0.2) is 0 Å². The van der Waals surface area contributed by atoms with Gasteiger partial charge in [0.05, 0.1) is 0 Å². The van der Waals surface area contributed by atoms with Crippen LogP contribution in [0, 0.1) is 20.8 Å². The minimum Gasteiger partial charge on any atom is -0.326 e. The molecule has 0 aromatic heterocycles. The van der Waals surface area contributed by atoms with Gasteiger partial charge in [0.25, 0.3) is 0 Å². The van der Waals surface area contributed by atoms with Crippen LogP contribution >= 0.6 is 0 Å². The molecule has 2 amide bonds. The molecule has 4 heteroatoms. The fraction of sp³-hybridized carbons (Fsp3) is 0.440. The number of carbonyl (C=O) groups is 2. The molecule has 2 aromatic carbocycles. The molecule has 1 aliphatic rings. The predicted molar refractivity (Wildman–Crippen MR) is 118 cm³/mol. The topological polar surface area (TPSA) is 49.4 Å². The summed E-state index contributed by atoms with van der Waals surface area (Å²) in [6, 6.07) is 11.8. The number of hydrogen-bond donors (Lipinski definition) is 1. The Kier molecular flexibility index (Phi) is 6.73. The standard InChI is InChI=1S/C25H32N2O2/c1-5-6-7-12-23(28)27-16-21-11-9-8-10-20(21)15-22(27)25(29)26-24-18(3)13-17(2)14-19(24)4/h8-11,13-14,22H,5-7,12,15-16H2,1-4H3,(H,26,29)/t22-/m0/s1. The zero-order valence-corrected chi connectivity index (χ0v) is 18.0. The number of amides is 2. The quantitative estimate of drug-likeness (QED) is 0.697. The van der Waals surface area contributed by atoms with Crippen LogP contribution in [-0.4, -0.2) is 22.8 Å². The minimum absolute atomic E-state index is 0.0745. The molecule has 0 saturated heterocycles. The van der Waals surface area contributed by atoms with Crippen LogP contribution in [0.2, 0.25) is 0 Å². The average molecular weight is 393 g/mol. The number of carbonyl (C=O) groups excluding carboxylic acids is 2. The molecule has 154 valence electrons. The second-order valence-corrected chi connectivity index (χ2v) is 8.23. The van der Waals surface area contributed by atoms with E-state index in [2.05, 4.69) is 43.4 Å². The van der Waals surface area contributed by atoms with Gasteiger partial charge < -0.3 is 10.2 Å². The number of benzene rings is 2. The van der Waals surface area contributed by atoms with Crippen LogP contribution < -0.4 is 5.32 Å². The maximum absolute atomic E-state index is 13.3. The van der Waals surface area contributed by atoms with E-state index in [0.29, 0.717) is 19.4 Å². The van der Waals surface area contributed by atoms with E-state index in [1.54, 1.807) is 4.90 Å². The lowest BCUT2D eigenvalue weighted by molar-refractivity contribution is -0.140. The summed E-state index contributed by atoms with van der Waals surface area (Å²) >= 11 is 0. The molecular formula is C25H32N2O2. The van der Waals surface area contributed by atoms with Crippen LogP contribution in [0.25, 0.3) is 0 Å². The largest absolute Gasteiger partial charge is 0.326 e. The molecule has 3 rings (SSSR count). The first-order valence-corrected chi connectivity index (χ1v) is 10.7. The maximum atomic E-state index is 13.3. The van der Waals surface area contributed by atoms with Gasteiger partial charge in [-0.15, -0.1) is 0 Å². The summed E-state index contributed by atoms with van der Waals surface area (Å²) in [6.45, 7) is 8.72. The molecule has 1 aliphatic heterocycles. The lowest BCUT2D eigenvalue weighted by Crippen LogP contribution is -2.50. The highest BCUT2D eigenvalue weighted by atomic mass is 16.2. The van der Waals surface area contributed by atoms with E-state index in [1.165, 1.54) is 5.56 Å². The Morgan fingerprint density at radius 3 is 2.34 bits per heavy atom. The van der Waals surface area contributed by atoms with Crippen molar-refractivity contribution in [1.29, 1.82) is 0 Å². The Morgan fingerprint density at radius 1 is 1.03 bits per heavy atom. The summed E-state index contributed by atoms with van der Waals surface area (Å²) in [5.41, 5.74) is 6.43. The van der Waals surface area contributed by atoms with Crippen molar-refractivity contribution in [1.82, 2.24) is 4.90 Å². The van der Waals surface area contributed by atoms with E-state index in [9.17, 15) is 9.59 Å². The van der Waals surface area contributed by atoms with Crippen molar-refractivity contribution in [3.8, 4) is 0 Å². The van der Waals surface area contributed by atoms with Crippen LogP contribution in [0.4, 0.5) is 5.69 Å². The molecule has 1 atom stereocenters. The average Bonchev–Trinajstić information content (AvgIpc) is 2.69. The van der Waals surface area contributed by atoms with Gasteiger partial charge in [-0.3, -0.25) is 9.59 Å². The number of fused-ring (bicyclic) bond motifs is 1. The summed E-state index contributed by atoms with van der Waals surface area (Å²) < 4.78 is 0. The molecule has 0 unspecified atom stereocenters. The third kappa shape index (κ3) is 4.87. The molecule has 1 heterocycles. The zero-order chi connectivity index (χ0) is 21.0. The van der Waals surface area contributed by atoms with Crippen LogP contribution in [-0.2, 0) is 22.6 Å². The van der Waals surface area contributed by atoms with Crippen LogP contribution in [0.15, 0.2) is 36.4 Å². The van der Waals surface area contributed by atoms with Gasteiger partial charge in [-0.05, 0) is 49.4 Å². The van der Waals surface area contributed by atoms with E-state index >= 15 is 0 Å². The highest BCUT2D eigenvalue weighted by molar-refractivity contribution is 5.98. The van der Waals surface area contributed by atoms with Crippen molar-refractivity contribution in [3.05, 3.63) is 64.2 Å². The first kappa shape index (κ1) is 21.1. The fourth-order valence-electron chi connectivity index (χ4n) is 4.27. The zero-order valence-electron chi connectivity index (χ0n) is 18.0. The van der Waals surface area contributed by atoms with Crippen LogP contribution in [0.1, 0.15) is 60.4 Å². The second-order valence-electron chi connectivity index (χ2n) is 8.23. The van der Waals surface area contributed by atoms with Gasteiger partial charge in [0, 0.05) is 25.1 Å². The number of nitrogens with zero attached hydrogens (tertiary/aromatic N) is 1. The van der Waals surface area contributed by atoms with Crippen molar-refractivity contribution in [3.63, 3.8) is 0 Å². The molecule has 2 aromatic rings. The Labute approximate surface area is 174 Å². The number of aryl methyl sites for hydroxylation is 3. The third-order valence-corrected chi connectivity index (χ3v) is 5.79. The molecular weight excluding hydrogens is 360 g/mol. The normalized spacial score (nSPS) is 15.7. The summed E-state index contributed by atoms with van der Waals surface area (Å²) in [6.07, 6.45) is 4.05. The van der Waals surface area contributed by atoms with Gasteiger partial charge >= 0.3 is 0 Å². The number of hydrogen-bond acceptors (Lipinski definition) is 2. The molecule has 0 bridgehead atoms. The van der Waals surface area contributed by atoms with Gasteiger partial charge in [0.1, 0.15) is 6.04 Å². The molecule has 0 radical (unpaired) electrons. The van der Waals surface area contributed by atoms with Crippen molar-refractivity contribution in [2.45, 2.75) is 72.4 Å². The molecule has 0 saturated carbocycles. The van der Waals surface area contributed by atoms with Crippen LogP contribution in [0.3, 0.4) is 0 Å². The van der Waals surface area contributed by atoms with E-state index in [1.807, 2.05) is 26.0 Å². The minimum atomic E-state index is -0.473. The second kappa shape index (κ2) is 9.25. The number of rotatable bonds is 6. The smallest absolute Gasteiger partial charge is 0.247 e. The Bertz CT molecular complexity index is 880. The summed E-state index contributed by atoms with van der Waals surface area (Å²) in [4.78, 5) is 28.1. The van der Waals surface area contributed by atoms with Gasteiger partial charge in [0.2, 0.25) is 11.8 Å². The first-order valence-electron chi connectivity index (χ1n) is 10.7. The molecule has 0 spiro atoms. The van der Waals surface area contributed by atoms with E-state index in [0.717, 1.165) is 47.2 Å². The summed E-state index contributed by atoms with van der Waals surface area (Å²) in [7, 11) is 0. The number of unbranched alkanes of at least 4 members (excludes halogenated alkanes) is 2. The lowest BCUT2D eigenvalue weighted by Gasteiger charge is -2.36. The monoisotopic (exact) mass is 392 g/mol. The third-order valence-electron chi connectivity index (χ3n) is 5.79. The van der Waals surface area contributed by atoms with Crippen molar-refractivity contribution >= 4 is 17.5 Å². The lowest BCUT2D eigenvalue weighted by atomic mass is 9.92. The van der Waals surface area contributed by atoms with Gasteiger partial charge in [-0.25, -0.2) is 0 Å². The Balaban J connectivity index is 1.85. The SMILES string of the molecule is CCCCCC(=O)N1Cc2ccccc2C[C@H]1C(=O)Nc1c(C)cc(C)cc1C. The summed E-state index contributed by atoms with van der Waals surface area (Å²) in [5, 5.41) is 3.13. The highest BCUT2D eigenvalue weighted by Crippen LogP contribution is 2.27. The van der Waals surface area contributed by atoms with Gasteiger partial charge in [-0.2, -0.15) is 0 Å². The molecule has 0 aliphatic carbocycles. The number of anilines is 1. The van der Waals surface area contributed by atoms with Crippen molar-refractivity contribution in [2.75, 3.05) is 5.32 Å². The summed E-state index contributed by atoms with van der Waals surface area (Å²) in [5.74, 6) is -0.0242. The first-order chi connectivity index (χ1) is 13.9. The molecule has 29 heavy (non-hydrogen) atoms. The predicted octanol–water partition coefficient (Wildman–Crippen LogP) is 5.08. The maximum Gasteiger partial charge on any atom is 0.247 e. The molecule has 1 N–H and O–H groups in total. The van der Waals surface area contributed by atoms with Gasteiger partial charge in [-0.1, -0.05) is 61.7 Å². The van der Waals surface area contributed by atoms with E-state index in [-0.39, 0.29) is 11.8 Å². The van der Waals surface area contributed by atoms with E-state index < -0.39 is 6.04 Å². The Morgan fingerprint density at radius 2 is 1.69 bits per heavy atom. The van der Waals surface area contributed by atoms with Crippen LogP contribution in [0.5, 0.6) is 0 Å². The molecule has 4 nitrogen and oxygen atoms in total. The Hall–Kier alpha value is -2.62. The fourth-order valence-corrected chi connectivity index (χ4v) is 4.27. The van der Waals surface area contributed by atoms with Crippen molar-refractivity contribution < 1.29 is 9.59 Å². The van der Waals surface area contributed by atoms with E-state index in [4.69, 9.17) is 0 Å². The highest BCUT2D eigenvalue weighted by Gasteiger charge is 2.34. The van der Waals surface area contributed by atoms with Crippen molar-refractivity contribution in [2.24, 2.45) is 0 Å². The molecule has 0 fully saturated rings.